The fraction of sp³-hybridized carbons (Fsp3) is 0.762. The summed E-state index contributed by atoms with van der Waals surface area (Å²) in [5.74, 6) is 4.05. The third-order valence-corrected chi connectivity index (χ3v) is 12.8. The molecule has 0 aromatic heterocycles. The van der Waals surface area contributed by atoms with Gasteiger partial charge in [0.05, 0.1) is 12.7 Å². The molecule has 1 heterocycles. The fourth-order valence-corrected chi connectivity index (χ4v) is 10.3. The Morgan fingerprint density at radius 2 is 1.79 bits per heavy atom. The van der Waals surface area contributed by atoms with Crippen LogP contribution in [0.5, 0.6) is 0 Å². The molecule has 0 amide bonds. The first-order valence-corrected chi connectivity index (χ1v) is 11.7. The highest BCUT2D eigenvalue weighted by Crippen LogP contribution is 2.45. The maximum absolute atomic E-state index is 11.8. The Kier molecular flexibility index (Phi) is 5.82. The lowest BCUT2D eigenvalue weighted by molar-refractivity contribution is -0.117. The Labute approximate surface area is 149 Å². The number of carbonyl (C=O) groups excluding carboxylic acids is 1. The largest absolute Gasteiger partial charge is 0.376 e. The second kappa shape index (κ2) is 7.18. The first-order chi connectivity index (χ1) is 11.1. The normalized spacial score (nSPS) is 30.0. The highest BCUT2D eigenvalue weighted by atomic mass is 28.3. The maximum Gasteiger partial charge on any atom is 0.155 e. The van der Waals surface area contributed by atoms with Crippen molar-refractivity contribution in [2.24, 2.45) is 11.3 Å². The Bertz CT molecular complexity index is 542. The lowest BCUT2D eigenvalue weighted by Crippen LogP contribution is -2.43. The summed E-state index contributed by atoms with van der Waals surface area (Å²) in [5.41, 5.74) is 5.76. The van der Waals surface area contributed by atoms with Crippen LogP contribution >= 0.6 is 0 Å². The summed E-state index contributed by atoms with van der Waals surface area (Å²) in [6, 6.07) is 0. The van der Waals surface area contributed by atoms with Gasteiger partial charge in [0.15, 0.2) is 5.78 Å². The molecule has 3 atom stereocenters. The number of allylic oxidation sites excluding steroid dienone is 1. The predicted octanol–water partition coefficient (Wildman–Crippen LogP) is 5.15. The van der Waals surface area contributed by atoms with Crippen molar-refractivity contribution in [3.05, 3.63) is 12.2 Å². The fourth-order valence-electron chi connectivity index (χ4n) is 4.98. The molecule has 0 N–H and O–H groups in total. The van der Waals surface area contributed by atoms with Gasteiger partial charge in [-0.15, -0.1) is 11.5 Å². The molecule has 3 heteroatoms. The van der Waals surface area contributed by atoms with Crippen molar-refractivity contribution in [2.75, 3.05) is 6.61 Å². The molecule has 24 heavy (non-hydrogen) atoms. The van der Waals surface area contributed by atoms with E-state index in [9.17, 15) is 4.79 Å². The zero-order chi connectivity index (χ0) is 18.1. The van der Waals surface area contributed by atoms with Crippen LogP contribution in [0.1, 0.15) is 61.3 Å². The predicted molar refractivity (Wildman–Crippen MR) is 104 cm³/mol. The molecule has 2 nitrogen and oxygen atoms in total. The van der Waals surface area contributed by atoms with Crippen molar-refractivity contribution in [3.63, 3.8) is 0 Å². The van der Waals surface area contributed by atoms with E-state index in [4.69, 9.17) is 4.74 Å². The van der Waals surface area contributed by atoms with Crippen molar-refractivity contribution in [2.45, 2.75) is 84.0 Å². The monoisotopic (exact) mass is 346 g/mol. The van der Waals surface area contributed by atoms with Gasteiger partial charge in [0.25, 0.3) is 0 Å². The van der Waals surface area contributed by atoms with E-state index in [1.807, 2.05) is 0 Å². The molecule has 0 spiro atoms. The highest BCUT2D eigenvalue weighted by molar-refractivity contribution is 6.90. The smallest absolute Gasteiger partial charge is 0.155 e. The molecule has 1 aliphatic carbocycles. The van der Waals surface area contributed by atoms with Crippen LogP contribution in [0.3, 0.4) is 0 Å². The van der Waals surface area contributed by atoms with Gasteiger partial charge in [0.1, 0.15) is 8.07 Å². The van der Waals surface area contributed by atoms with Crippen LogP contribution in [0.15, 0.2) is 12.2 Å². The number of fused-ring (bicyclic) bond motifs is 1. The van der Waals surface area contributed by atoms with Crippen LogP contribution in [-0.4, -0.2) is 26.6 Å². The van der Waals surface area contributed by atoms with E-state index < -0.39 is 8.07 Å². The molecule has 0 saturated carbocycles. The number of ketones is 1. The standard InChI is InChI=1S/C21H34O2Si/c1-15(2)24(16(3)4,17(5)6)12-8-9-20-19-13-18(22)10-11-21(19,7)14-23-20/h10-11,15-17,19-20H,9,13-14H2,1-7H3/t19-,20-,21-/m0/s1. The summed E-state index contributed by atoms with van der Waals surface area (Å²) in [4.78, 5) is 11.8. The molecule has 0 radical (unpaired) electrons. The molecule has 0 bridgehead atoms. The molecule has 0 aromatic carbocycles. The van der Waals surface area contributed by atoms with Gasteiger partial charge >= 0.3 is 0 Å². The van der Waals surface area contributed by atoms with Crippen molar-refractivity contribution < 1.29 is 9.53 Å². The van der Waals surface area contributed by atoms with Gasteiger partial charge in [0, 0.05) is 24.2 Å². The van der Waals surface area contributed by atoms with Crippen LogP contribution in [0.25, 0.3) is 0 Å². The number of hydrogen-bond donors (Lipinski definition) is 0. The van der Waals surface area contributed by atoms with E-state index in [1.165, 1.54) is 0 Å². The minimum atomic E-state index is -1.67. The van der Waals surface area contributed by atoms with Gasteiger partial charge in [-0.05, 0) is 22.7 Å². The Balaban J connectivity index is 2.17. The van der Waals surface area contributed by atoms with E-state index in [-0.39, 0.29) is 23.2 Å². The zero-order valence-electron chi connectivity index (χ0n) is 16.5. The molecule has 0 aromatic rings. The topological polar surface area (TPSA) is 26.3 Å². The Morgan fingerprint density at radius 3 is 2.33 bits per heavy atom. The van der Waals surface area contributed by atoms with Gasteiger partial charge in [-0.25, -0.2) is 0 Å². The summed E-state index contributed by atoms with van der Waals surface area (Å²) in [7, 11) is -1.67. The maximum atomic E-state index is 11.8. The van der Waals surface area contributed by atoms with E-state index in [2.05, 4.69) is 66.0 Å². The van der Waals surface area contributed by atoms with Gasteiger partial charge in [-0.3, -0.25) is 4.79 Å². The second-order valence-electron chi connectivity index (χ2n) is 8.87. The van der Waals surface area contributed by atoms with Crippen LogP contribution in [-0.2, 0) is 9.53 Å². The summed E-state index contributed by atoms with van der Waals surface area (Å²) in [5, 5.41) is 0. The second-order valence-corrected chi connectivity index (χ2v) is 14.4. The molecule has 2 rings (SSSR count). The van der Waals surface area contributed by atoms with Crippen molar-refractivity contribution in [1.29, 1.82) is 0 Å². The molecule has 1 fully saturated rings. The first kappa shape index (κ1) is 19.5. The average Bonchev–Trinajstić information content (AvgIpc) is 2.79. The minimum Gasteiger partial charge on any atom is -0.376 e. The highest BCUT2D eigenvalue weighted by Gasteiger charge is 2.47. The summed E-state index contributed by atoms with van der Waals surface area (Å²) in [6.45, 7) is 17.0. The van der Waals surface area contributed by atoms with Gasteiger partial charge in [-0.2, -0.15) is 0 Å². The number of rotatable bonds is 4. The molecule has 1 saturated heterocycles. The third kappa shape index (κ3) is 3.41. The van der Waals surface area contributed by atoms with Crippen LogP contribution < -0.4 is 0 Å². The quantitative estimate of drug-likeness (QED) is 0.520. The van der Waals surface area contributed by atoms with E-state index in [1.54, 1.807) is 6.08 Å². The van der Waals surface area contributed by atoms with E-state index in [0.29, 0.717) is 23.0 Å². The SMILES string of the molecule is CC(C)[Si](C#CC[C@@H]1OC[C@]2(C)C=CC(=O)C[C@@H]12)(C(C)C)C(C)C. The summed E-state index contributed by atoms with van der Waals surface area (Å²) < 4.78 is 6.06. The van der Waals surface area contributed by atoms with Crippen LogP contribution in [0, 0.1) is 22.8 Å². The van der Waals surface area contributed by atoms with Gasteiger partial charge < -0.3 is 4.74 Å². The average molecular weight is 347 g/mol. The number of ether oxygens (including phenoxy) is 1. The van der Waals surface area contributed by atoms with Crippen LogP contribution in [0.2, 0.25) is 16.6 Å². The van der Waals surface area contributed by atoms with E-state index >= 15 is 0 Å². The molecule has 0 unspecified atom stereocenters. The lowest BCUT2D eigenvalue weighted by atomic mass is 9.71. The van der Waals surface area contributed by atoms with Gasteiger partial charge in [-0.1, -0.05) is 54.5 Å². The Hall–Kier alpha value is -0.853. The third-order valence-electron chi connectivity index (χ3n) is 6.45. The minimum absolute atomic E-state index is 0.0168. The van der Waals surface area contributed by atoms with Crippen molar-refractivity contribution >= 4 is 13.9 Å². The van der Waals surface area contributed by atoms with Crippen LogP contribution in [0.4, 0.5) is 0 Å². The molecular formula is C21H34O2Si. The van der Waals surface area contributed by atoms with Gasteiger partial charge in [0.2, 0.25) is 0 Å². The first-order valence-electron chi connectivity index (χ1n) is 9.47. The van der Waals surface area contributed by atoms with Crippen molar-refractivity contribution in [3.8, 4) is 11.5 Å². The van der Waals surface area contributed by atoms with E-state index in [0.717, 1.165) is 13.0 Å². The lowest BCUT2D eigenvalue weighted by Gasteiger charge is -2.38. The number of carbonyl (C=O) groups is 1. The Morgan fingerprint density at radius 1 is 1.21 bits per heavy atom. The molecular weight excluding hydrogens is 312 g/mol. The summed E-state index contributed by atoms with van der Waals surface area (Å²) in [6.07, 6.45) is 5.28. The number of hydrogen-bond acceptors (Lipinski definition) is 2. The van der Waals surface area contributed by atoms with Crippen molar-refractivity contribution in [1.82, 2.24) is 0 Å². The summed E-state index contributed by atoms with van der Waals surface area (Å²) >= 11 is 0. The molecule has 134 valence electrons. The molecule has 1 aliphatic heterocycles. The molecule has 2 aliphatic rings. The zero-order valence-corrected chi connectivity index (χ0v) is 17.5.